The monoisotopic (exact) mass is 358 g/mol. The van der Waals surface area contributed by atoms with Crippen LogP contribution in [-0.4, -0.2) is 62.1 Å². The van der Waals surface area contributed by atoms with Crippen molar-refractivity contribution in [2.75, 3.05) is 26.2 Å². The summed E-state index contributed by atoms with van der Waals surface area (Å²) in [4.78, 5) is 24.8. The molecule has 0 radical (unpaired) electrons. The Kier molecular flexibility index (Phi) is 4.22. The van der Waals surface area contributed by atoms with E-state index in [0.29, 0.717) is 38.2 Å². The largest absolute Gasteiger partial charge is 0.341 e. The van der Waals surface area contributed by atoms with Crippen LogP contribution in [0.15, 0.2) is 18.5 Å². The van der Waals surface area contributed by atoms with E-state index in [1.54, 1.807) is 12.3 Å². The second-order valence-corrected chi connectivity index (χ2v) is 7.36. The maximum absolute atomic E-state index is 14.0. The summed E-state index contributed by atoms with van der Waals surface area (Å²) in [6, 6.07) is 1.72. The van der Waals surface area contributed by atoms with Gasteiger partial charge in [-0.05, 0) is 13.0 Å². The van der Waals surface area contributed by atoms with Crippen molar-refractivity contribution >= 4 is 5.91 Å². The first kappa shape index (κ1) is 17.1. The van der Waals surface area contributed by atoms with Crippen molar-refractivity contribution in [2.45, 2.75) is 32.2 Å². The third-order valence-electron chi connectivity index (χ3n) is 5.63. The molecule has 2 aliphatic heterocycles. The summed E-state index contributed by atoms with van der Waals surface area (Å²) in [6.07, 6.45) is 3.37. The Morgan fingerprint density at radius 3 is 2.96 bits per heavy atom. The molecular formula is C18H23FN6O. The van der Waals surface area contributed by atoms with Crippen LogP contribution >= 0.6 is 0 Å². The number of halogens is 1. The fraction of sp³-hybridized carbons (Fsp3) is 0.556. The van der Waals surface area contributed by atoms with Crippen LogP contribution in [-0.2, 0) is 16.8 Å². The Morgan fingerprint density at radius 2 is 2.27 bits per heavy atom. The van der Waals surface area contributed by atoms with Gasteiger partial charge in [0.05, 0.1) is 11.6 Å². The van der Waals surface area contributed by atoms with Crippen LogP contribution in [0.1, 0.15) is 30.6 Å². The summed E-state index contributed by atoms with van der Waals surface area (Å²) < 4.78 is 14.0. The van der Waals surface area contributed by atoms with Gasteiger partial charge in [-0.3, -0.25) is 19.8 Å². The fourth-order valence-electron chi connectivity index (χ4n) is 4.36. The molecule has 2 fully saturated rings. The summed E-state index contributed by atoms with van der Waals surface area (Å²) in [5.74, 6) is 1.67. The number of aryl methyl sites for hydroxylation is 1. The van der Waals surface area contributed by atoms with Crippen molar-refractivity contribution in [1.29, 1.82) is 0 Å². The Morgan fingerprint density at radius 1 is 1.42 bits per heavy atom. The van der Waals surface area contributed by atoms with Gasteiger partial charge in [0, 0.05) is 56.8 Å². The van der Waals surface area contributed by atoms with Crippen LogP contribution in [0.2, 0.25) is 0 Å². The van der Waals surface area contributed by atoms with Crippen LogP contribution in [0, 0.1) is 18.7 Å². The second-order valence-electron chi connectivity index (χ2n) is 7.36. The molecule has 2 aromatic rings. The first-order chi connectivity index (χ1) is 12.5. The zero-order valence-corrected chi connectivity index (χ0v) is 15.1. The number of carbonyl (C=O) groups is 1. The van der Waals surface area contributed by atoms with Gasteiger partial charge in [-0.2, -0.15) is 5.10 Å². The molecule has 0 spiro atoms. The van der Waals surface area contributed by atoms with Gasteiger partial charge in [0.25, 0.3) is 0 Å². The number of hydrogen-bond acceptors (Lipinski definition) is 5. The van der Waals surface area contributed by atoms with Crippen molar-refractivity contribution < 1.29 is 9.18 Å². The molecule has 8 heteroatoms. The van der Waals surface area contributed by atoms with Gasteiger partial charge in [0.2, 0.25) is 5.91 Å². The lowest BCUT2D eigenvalue weighted by Gasteiger charge is -2.27. The minimum absolute atomic E-state index is 0.165. The first-order valence-corrected chi connectivity index (χ1v) is 9.00. The van der Waals surface area contributed by atoms with E-state index in [1.165, 1.54) is 6.20 Å². The molecule has 0 unspecified atom stereocenters. The molecule has 0 saturated carbocycles. The highest BCUT2D eigenvalue weighted by Gasteiger charge is 2.56. The number of aromatic amines is 1. The summed E-state index contributed by atoms with van der Waals surface area (Å²) in [7, 11) is 0. The number of carbonyl (C=O) groups excluding carboxylic acids is 1. The highest BCUT2D eigenvalue weighted by atomic mass is 19.1. The van der Waals surface area contributed by atoms with Gasteiger partial charge in [0.1, 0.15) is 11.6 Å². The molecule has 0 bridgehead atoms. The van der Waals surface area contributed by atoms with E-state index in [2.05, 4.69) is 25.1 Å². The lowest BCUT2D eigenvalue weighted by atomic mass is 9.80. The van der Waals surface area contributed by atoms with E-state index in [4.69, 9.17) is 0 Å². The zero-order valence-electron chi connectivity index (χ0n) is 15.1. The Labute approximate surface area is 151 Å². The molecule has 138 valence electrons. The second kappa shape index (κ2) is 6.42. The van der Waals surface area contributed by atoms with Crippen molar-refractivity contribution in [2.24, 2.45) is 5.92 Å². The SMILES string of the molecule is CCC(=O)N1C[C@H]2CN(Cc3ccncc3F)C[C@@]2(c2n[nH]c(C)n2)C1. The predicted octanol–water partition coefficient (Wildman–Crippen LogP) is 1.27. The van der Waals surface area contributed by atoms with E-state index < -0.39 is 0 Å². The van der Waals surface area contributed by atoms with E-state index in [9.17, 15) is 9.18 Å². The summed E-state index contributed by atoms with van der Waals surface area (Å²) in [5.41, 5.74) is 0.349. The highest BCUT2D eigenvalue weighted by Crippen LogP contribution is 2.44. The maximum Gasteiger partial charge on any atom is 0.222 e. The van der Waals surface area contributed by atoms with Crippen molar-refractivity contribution in [1.82, 2.24) is 30.0 Å². The van der Waals surface area contributed by atoms with Crippen LogP contribution in [0.25, 0.3) is 0 Å². The minimum atomic E-state index is -0.293. The number of nitrogens with one attached hydrogen (secondary N) is 1. The van der Waals surface area contributed by atoms with Gasteiger partial charge in [-0.15, -0.1) is 0 Å². The molecule has 7 nitrogen and oxygen atoms in total. The smallest absolute Gasteiger partial charge is 0.222 e. The first-order valence-electron chi connectivity index (χ1n) is 9.00. The van der Waals surface area contributed by atoms with E-state index >= 15 is 0 Å². The standard InChI is InChI=1S/C18H23FN6O/c1-3-16(26)25-9-14-8-24(7-13-4-5-20-6-15(13)19)10-18(14,11-25)17-21-12(2)22-23-17/h4-6,14H,3,7-11H2,1-2H3,(H,21,22,23)/t14-,18-/m1/s1. The number of likely N-dealkylation sites (tertiary alicyclic amines) is 2. The van der Waals surface area contributed by atoms with Gasteiger partial charge >= 0.3 is 0 Å². The Balaban J connectivity index is 1.61. The lowest BCUT2D eigenvalue weighted by Crippen LogP contribution is -2.40. The molecule has 1 amide bonds. The van der Waals surface area contributed by atoms with Gasteiger partial charge in [-0.1, -0.05) is 6.92 Å². The molecule has 1 N–H and O–H groups in total. The number of nitrogens with zero attached hydrogens (tertiary/aromatic N) is 5. The molecule has 0 aliphatic carbocycles. The van der Waals surface area contributed by atoms with Gasteiger partial charge < -0.3 is 4.90 Å². The van der Waals surface area contributed by atoms with Crippen molar-refractivity contribution in [3.63, 3.8) is 0 Å². The van der Waals surface area contributed by atoms with Gasteiger partial charge in [-0.25, -0.2) is 9.37 Å². The third kappa shape index (κ3) is 2.78. The van der Waals surface area contributed by atoms with Crippen LogP contribution in [0.3, 0.4) is 0 Å². The summed E-state index contributed by atoms with van der Waals surface area (Å²) >= 11 is 0. The number of H-pyrrole nitrogens is 1. The predicted molar refractivity (Wildman–Crippen MR) is 92.6 cm³/mol. The molecule has 26 heavy (non-hydrogen) atoms. The fourth-order valence-corrected chi connectivity index (χ4v) is 4.36. The summed E-state index contributed by atoms with van der Waals surface area (Å²) in [5, 5.41) is 7.36. The quantitative estimate of drug-likeness (QED) is 0.891. The topological polar surface area (TPSA) is 78.0 Å². The molecule has 0 aromatic carbocycles. The van der Waals surface area contributed by atoms with E-state index in [0.717, 1.165) is 18.2 Å². The number of rotatable bonds is 4. The summed E-state index contributed by atoms with van der Waals surface area (Å²) in [6.45, 7) is 7.13. The minimum Gasteiger partial charge on any atom is -0.341 e. The Bertz CT molecular complexity index is 824. The number of hydrogen-bond donors (Lipinski definition) is 1. The lowest BCUT2D eigenvalue weighted by molar-refractivity contribution is -0.130. The Hall–Kier alpha value is -2.35. The van der Waals surface area contributed by atoms with Crippen LogP contribution in [0.5, 0.6) is 0 Å². The van der Waals surface area contributed by atoms with E-state index in [1.807, 2.05) is 18.7 Å². The average molecular weight is 358 g/mol. The normalized spacial score (nSPS) is 25.7. The molecule has 4 heterocycles. The highest BCUT2D eigenvalue weighted by molar-refractivity contribution is 5.76. The average Bonchev–Trinajstić information content (AvgIpc) is 3.29. The maximum atomic E-state index is 14.0. The molecule has 2 aromatic heterocycles. The molecule has 4 rings (SSSR count). The van der Waals surface area contributed by atoms with Crippen LogP contribution in [0.4, 0.5) is 4.39 Å². The number of pyridine rings is 1. The third-order valence-corrected chi connectivity index (χ3v) is 5.63. The van der Waals surface area contributed by atoms with Crippen molar-refractivity contribution in [3.8, 4) is 0 Å². The molecule has 2 atom stereocenters. The van der Waals surface area contributed by atoms with E-state index in [-0.39, 0.29) is 23.1 Å². The zero-order chi connectivity index (χ0) is 18.3. The van der Waals surface area contributed by atoms with Gasteiger partial charge in [0.15, 0.2) is 5.82 Å². The molecule has 2 aliphatic rings. The molecule has 2 saturated heterocycles. The van der Waals surface area contributed by atoms with Crippen molar-refractivity contribution in [3.05, 3.63) is 41.5 Å². The number of amides is 1. The number of fused-ring (bicyclic) bond motifs is 1. The van der Waals surface area contributed by atoms with Crippen LogP contribution < -0.4 is 0 Å². The number of aromatic nitrogens is 4. The molecular weight excluding hydrogens is 335 g/mol.